The van der Waals surface area contributed by atoms with Gasteiger partial charge in [0.15, 0.2) is 5.01 Å². The van der Waals surface area contributed by atoms with E-state index in [2.05, 4.69) is 34.1 Å². The van der Waals surface area contributed by atoms with Crippen LogP contribution in [0.4, 0.5) is 5.69 Å². The number of anilines is 1. The summed E-state index contributed by atoms with van der Waals surface area (Å²) in [6, 6.07) is 13.1. The Labute approximate surface area is 191 Å². The van der Waals surface area contributed by atoms with Crippen molar-refractivity contribution < 1.29 is 9.59 Å². The molecule has 2 aliphatic heterocycles. The number of rotatable bonds is 5. The molecule has 2 saturated heterocycles. The summed E-state index contributed by atoms with van der Waals surface area (Å²) >= 11 is 1.37. The van der Waals surface area contributed by atoms with Crippen molar-refractivity contribution in [3.8, 4) is 11.3 Å². The summed E-state index contributed by atoms with van der Waals surface area (Å²) in [6.07, 6.45) is 5.74. The van der Waals surface area contributed by atoms with Gasteiger partial charge in [-0.3, -0.25) is 9.59 Å². The molecule has 0 radical (unpaired) electrons. The van der Waals surface area contributed by atoms with Crippen molar-refractivity contribution in [1.82, 2.24) is 15.2 Å². The Balaban J connectivity index is 1.35. The highest BCUT2D eigenvalue weighted by atomic mass is 32.1. The monoisotopic (exact) mass is 446 g/mol. The second kappa shape index (κ2) is 8.48. The first-order chi connectivity index (χ1) is 15.5. The minimum Gasteiger partial charge on any atom is -0.347 e. The molecular formula is C25H26N4O2S. The fraction of sp³-hybridized carbons (Fsp3) is 0.320. The molecule has 2 aromatic carbocycles. The molecule has 2 bridgehead atoms. The Bertz CT molecular complexity index is 1190. The molecule has 2 unspecified atom stereocenters. The molecule has 32 heavy (non-hydrogen) atoms. The third kappa shape index (κ3) is 3.94. The van der Waals surface area contributed by atoms with Crippen molar-refractivity contribution in [2.24, 2.45) is 0 Å². The van der Waals surface area contributed by atoms with Crippen molar-refractivity contribution in [3.05, 3.63) is 59.4 Å². The van der Waals surface area contributed by atoms with Crippen molar-refractivity contribution in [3.63, 3.8) is 0 Å². The van der Waals surface area contributed by atoms with Crippen LogP contribution in [0.15, 0.2) is 54.4 Å². The van der Waals surface area contributed by atoms with E-state index in [-0.39, 0.29) is 17.9 Å². The van der Waals surface area contributed by atoms with E-state index >= 15 is 0 Å². The minimum absolute atomic E-state index is 0.0880. The van der Waals surface area contributed by atoms with Crippen molar-refractivity contribution in [2.75, 3.05) is 12.4 Å². The fourth-order valence-electron chi connectivity index (χ4n) is 5.01. The average Bonchev–Trinajstić information content (AvgIpc) is 3.36. The van der Waals surface area contributed by atoms with Gasteiger partial charge < -0.3 is 15.5 Å². The highest BCUT2D eigenvalue weighted by Gasteiger charge is 2.39. The Hall–Kier alpha value is -3.03. The number of fused-ring (bicyclic) bond motifs is 3. The van der Waals surface area contributed by atoms with Crippen LogP contribution in [0.3, 0.4) is 0 Å². The molecule has 1 aromatic heterocycles. The number of carbonyl (C=O) groups is 2. The molecule has 164 valence electrons. The molecule has 7 heteroatoms. The fourth-order valence-corrected chi connectivity index (χ4v) is 5.74. The SMILES string of the molecule is C=CC(=O)Nc1cccc2ccc(-c3csc(C(=O)NC4CC5CCC(C4)N5C)n3)cc12. The number of thiazole rings is 1. The van der Waals surface area contributed by atoms with Gasteiger partial charge in [-0.1, -0.05) is 30.8 Å². The van der Waals surface area contributed by atoms with Crippen molar-refractivity contribution >= 4 is 39.6 Å². The molecule has 6 nitrogen and oxygen atoms in total. The average molecular weight is 447 g/mol. The first kappa shape index (κ1) is 20.8. The molecule has 0 spiro atoms. The maximum Gasteiger partial charge on any atom is 0.280 e. The van der Waals surface area contributed by atoms with Crippen LogP contribution in [-0.2, 0) is 4.79 Å². The van der Waals surface area contributed by atoms with Gasteiger partial charge in [0.1, 0.15) is 0 Å². The summed E-state index contributed by atoms with van der Waals surface area (Å²) < 4.78 is 0. The highest BCUT2D eigenvalue weighted by Crippen LogP contribution is 2.34. The normalized spacial score (nSPS) is 22.6. The van der Waals surface area contributed by atoms with Crippen LogP contribution in [0, 0.1) is 0 Å². The lowest BCUT2D eigenvalue weighted by molar-refractivity contribution is -0.111. The molecule has 3 heterocycles. The highest BCUT2D eigenvalue weighted by molar-refractivity contribution is 7.12. The number of nitrogens with one attached hydrogen (secondary N) is 2. The second-order valence-electron chi connectivity index (χ2n) is 8.67. The number of nitrogens with zero attached hydrogens (tertiary/aromatic N) is 2. The predicted octanol–water partition coefficient (Wildman–Crippen LogP) is 4.44. The van der Waals surface area contributed by atoms with E-state index < -0.39 is 0 Å². The maximum absolute atomic E-state index is 12.9. The molecular weight excluding hydrogens is 420 g/mol. The van der Waals surface area contributed by atoms with Crippen LogP contribution in [0.5, 0.6) is 0 Å². The van der Waals surface area contributed by atoms with Crippen LogP contribution in [0.1, 0.15) is 35.5 Å². The van der Waals surface area contributed by atoms with Crippen LogP contribution >= 0.6 is 11.3 Å². The van der Waals surface area contributed by atoms with Gasteiger partial charge in [0.25, 0.3) is 5.91 Å². The molecule has 2 aliphatic rings. The second-order valence-corrected chi connectivity index (χ2v) is 9.52. The van der Waals surface area contributed by atoms with Crippen LogP contribution in [0.2, 0.25) is 0 Å². The summed E-state index contributed by atoms with van der Waals surface area (Å²) in [5.41, 5.74) is 2.39. The zero-order chi connectivity index (χ0) is 22.2. The number of hydrogen-bond acceptors (Lipinski definition) is 5. The first-order valence-electron chi connectivity index (χ1n) is 11.0. The first-order valence-corrected chi connectivity index (χ1v) is 11.8. The molecule has 2 N–H and O–H groups in total. The molecule has 2 amide bonds. The van der Waals surface area contributed by atoms with Gasteiger partial charge in [0.2, 0.25) is 5.91 Å². The smallest absolute Gasteiger partial charge is 0.280 e. The van der Waals surface area contributed by atoms with Crippen molar-refractivity contribution in [1.29, 1.82) is 0 Å². The molecule has 0 aliphatic carbocycles. The van der Waals surface area contributed by atoms with Crippen LogP contribution < -0.4 is 10.6 Å². The van der Waals surface area contributed by atoms with Gasteiger partial charge in [-0.2, -0.15) is 0 Å². The van der Waals surface area contributed by atoms with Gasteiger partial charge in [-0.15, -0.1) is 11.3 Å². The molecule has 0 saturated carbocycles. The molecule has 3 aromatic rings. The lowest BCUT2D eigenvalue weighted by Gasteiger charge is -2.36. The zero-order valence-electron chi connectivity index (χ0n) is 18.0. The van der Waals surface area contributed by atoms with Gasteiger partial charge in [-0.05, 0) is 56.3 Å². The Morgan fingerprint density at radius 3 is 2.72 bits per heavy atom. The van der Waals surface area contributed by atoms with E-state index in [0.29, 0.717) is 17.1 Å². The zero-order valence-corrected chi connectivity index (χ0v) is 18.8. The van der Waals surface area contributed by atoms with E-state index in [4.69, 9.17) is 0 Å². The summed E-state index contributed by atoms with van der Waals surface area (Å²) in [7, 11) is 2.20. The Morgan fingerprint density at radius 1 is 1.19 bits per heavy atom. The number of amides is 2. The summed E-state index contributed by atoms with van der Waals surface area (Å²) in [5.74, 6) is -0.340. The van der Waals surface area contributed by atoms with E-state index in [1.54, 1.807) is 0 Å². The third-order valence-electron chi connectivity index (χ3n) is 6.75. The van der Waals surface area contributed by atoms with E-state index in [9.17, 15) is 9.59 Å². The lowest BCUT2D eigenvalue weighted by Crippen LogP contribution is -2.48. The van der Waals surface area contributed by atoms with Crippen LogP contribution in [0.25, 0.3) is 22.0 Å². The maximum atomic E-state index is 12.9. The Morgan fingerprint density at radius 2 is 1.97 bits per heavy atom. The number of hydrogen-bond donors (Lipinski definition) is 2. The van der Waals surface area contributed by atoms with Gasteiger partial charge in [0, 0.05) is 40.1 Å². The number of carbonyl (C=O) groups excluding carboxylic acids is 2. The molecule has 5 rings (SSSR count). The lowest BCUT2D eigenvalue weighted by atomic mass is 9.98. The predicted molar refractivity (Wildman–Crippen MR) is 129 cm³/mol. The van der Waals surface area contributed by atoms with Gasteiger partial charge in [0.05, 0.1) is 5.69 Å². The van der Waals surface area contributed by atoms with E-state index in [1.165, 1.54) is 30.3 Å². The number of piperidine rings is 1. The standard InChI is InChI=1S/C25H26N4O2S/c1-3-23(30)27-21-6-4-5-15-7-8-16(11-20(15)21)22-14-32-25(28-22)24(31)26-17-12-18-9-10-19(13-17)29(18)2/h3-8,11,14,17-19H,1,9-10,12-13H2,2H3,(H,26,31)(H,27,30). The summed E-state index contributed by atoms with van der Waals surface area (Å²) in [4.78, 5) is 31.7. The summed E-state index contributed by atoms with van der Waals surface area (Å²) in [5, 5.41) is 10.4. The van der Waals surface area contributed by atoms with Crippen LogP contribution in [-0.4, -0.2) is 46.9 Å². The number of benzene rings is 2. The van der Waals surface area contributed by atoms with Gasteiger partial charge >= 0.3 is 0 Å². The largest absolute Gasteiger partial charge is 0.347 e. The number of aromatic nitrogens is 1. The molecule has 2 fully saturated rings. The minimum atomic E-state index is -0.252. The van der Waals surface area contributed by atoms with Gasteiger partial charge in [-0.25, -0.2) is 4.98 Å². The Kier molecular flexibility index (Phi) is 5.53. The third-order valence-corrected chi connectivity index (χ3v) is 7.59. The topological polar surface area (TPSA) is 74.3 Å². The molecule has 2 atom stereocenters. The van der Waals surface area contributed by atoms with Crippen molar-refractivity contribution in [2.45, 2.75) is 43.8 Å². The quantitative estimate of drug-likeness (QED) is 0.568. The summed E-state index contributed by atoms with van der Waals surface area (Å²) in [6.45, 7) is 3.52. The van der Waals surface area contributed by atoms with E-state index in [1.807, 2.05) is 41.8 Å². The van der Waals surface area contributed by atoms with E-state index in [0.717, 1.165) is 40.6 Å².